The smallest absolute Gasteiger partial charge is 0.229 e. The fourth-order valence-electron chi connectivity index (χ4n) is 4.47. The molecule has 0 spiro atoms. The van der Waals surface area contributed by atoms with Crippen LogP contribution in [0.5, 0.6) is 0 Å². The summed E-state index contributed by atoms with van der Waals surface area (Å²) in [6.07, 6.45) is 3.57. The molecule has 2 atom stereocenters. The molecular weight excluding hydrogens is 395 g/mol. The Hall–Kier alpha value is -2.74. The van der Waals surface area contributed by atoms with Gasteiger partial charge in [-0.3, -0.25) is 4.79 Å². The molecule has 2 heterocycles. The highest BCUT2D eigenvalue weighted by atomic mass is 19.1. The van der Waals surface area contributed by atoms with Crippen LogP contribution in [0.4, 0.5) is 27.5 Å². The molecule has 2 aromatic rings. The molecule has 1 aliphatic heterocycles. The van der Waals surface area contributed by atoms with Crippen molar-refractivity contribution >= 4 is 28.9 Å². The van der Waals surface area contributed by atoms with Crippen molar-refractivity contribution in [3.8, 4) is 0 Å². The lowest BCUT2D eigenvalue weighted by Crippen LogP contribution is -2.44. The van der Waals surface area contributed by atoms with Crippen molar-refractivity contribution in [2.75, 3.05) is 48.8 Å². The molecule has 1 aromatic heterocycles. The van der Waals surface area contributed by atoms with Crippen LogP contribution in [0.15, 0.2) is 24.4 Å². The van der Waals surface area contributed by atoms with Gasteiger partial charge in [0, 0.05) is 49.5 Å². The number of nitrogens with zero attached hydrogens (tertiary/aromatic N) is 4. The van der Waals surface area contributed by atoms with Crippen molar-refractivity contribution in [3.63, 3.8) is 0 Å². The summed E-state index contributed by atoms with van der Waals surface area (Å²) in [6.45, 7) is 7.89. The van der Waals surface area contributed by atoms with Gasteiger partial charge in [0.2, 0.25) is 5.95 Å². The van der Waals surface area contributed by atoms with Gasteiger partial charge in [-0.1, -0.05) is 0 Å². The minimum Gasteiger partial charge on any atom is -0.369 e. The number of rotatable bonds is 6. The van der Waals surface area contributed by atoms with Crippen molar-refractivity contribution < 1.29 is 9.18 Å². The highest BCUT2D eigenvalue weighted by Gasteiger charge is 2.28. The highest BCUT2D eigenvalue weighted by molar-refractivity contribution is 5.78. The predicted molar refractivity (Wildman–Crippen MR) is 122 cm³/mol. The number of hydrogen-bond donors (Lipinski definition) is 2. The van der Waals surface area contributed by atoms with Gasteiger partial charge in [-0.05, 0) is 63.9 Å². The molecule has 0 amide bonds. The van der Waals surface area contributed by atoms with Crippen LogP contribution in [0, 0.1) is 18.7 Å². The molecule has 2 aliphatic rings. The molecular formula is C23H31FN6O. The van der Waals surface area contributed by atoms with E-state index in [4.69, 9.17) is 0 Å². The van der Waals surface area contributed by atoms with Crippen LogP contribution >= 0.6 is 0 Å². The quantitative estimate of drug-likeness (QED) is 0.731. The molecule has 1 aromatic carbocycles. The van der Waals surface area contributed by atoms with E-state index in [0.717, 1.165) is 44.7 Å². The number of hydrogen-bond acceptors (Lipinski definition) is 7. The molecule has 0 unspecified atom stereocenters. The van der Waals surface area contributed by atoms with Crippen molar-refractivity contribution in [3.05, 3.63) is 35.8 Å². The average molecular weight is 427 g/mol. The summed E-state index contributed by atoms with van der Waals surface area (Å²) < 4.78 is 14.3. The second kappa shape index (κ2) is 9.18. The largest absolute Gasteiger partial charge is 0.369 e. The predicted octanol–water partition coefficient (Wildman–Crippen LogP) is 3.59. The van der Waals surface area contributed by atoms with Crippen molar-refractivity contribution in [1.29, 1.82) is 0 Å². The number of benzene rings is 1. The van der Waals surface area contributed by atoms with Crippen LogP contribution in [0.25, 0.3) is 0 Å². The maximum atomic E-state index is 14.3. The van der Waals surface area contributed by atoms with E-state index in [1.807, 2.05) is 6.07 Å². The number of aromatic nitrogens is 2. The van der Waals surface area contributed by atoms with Gasteiger partial charge in [0.25, 0.3) is 0 Å². The second-order valence-electron chi connectivity index (χ2n) is 8.77. The van der Waals surface area contributed by atoms with Crippen molar-refractivity contribution in [2.45, 2.75) is 39.2 Å². The van der Waals surface area contributed by atoms with E-state index in [9.17, 15) is 9.18 Å². The number of carbonyl (C=O) groups is 1. The van der Waals surface area contributed by atoms with Gasteiger partial charge in [0.1, 0.15) is 5.78 Å². The van der Waals surface area contributed by atoms with Crippen LogP contribution in [0.1, 0.15) is 31.7 Å². The Bertz CT molecular complexity index is 944. The number of piperazine rings is 1. The fourth-order valence-corrected chi connectivity index (χ4v) is 4.47. The van der Waals surface area contributed by atoms with E-state index in [0.29, 0.717) is 12.4 Å². The molecule has 1 saturated heterocycles. The Morgan fingerprint density at radius 2 is 1.97 bits per heavy atom. The Balaban J connectivity index is 1.43. The number of halogens is 1. The molecule has 1 saturated carbocycles. The summed E-state index contributed by atoms with van der Waals surface area (Å²) in [5.41, 5.74) is 3.28. The van der Waals surface area contributed by atoms with Crippen LogP contribution < -0.4 is 15.5 Å². The highest BCUT2D eigenvalue weighted by Crippen LogP contribution is 2.30. The summed E-state index contributed by atoms with van der Waals surface area (Å²) in [6, 6.07) is 6.25. The number of anilines is 4. The van der Waals surface area contributed by atoms with Gasteiger partial charge in [-0.2, -0.15) is 4.98 Å². The van der Waals surface area contributed by atoms with Crippen molar-refractivity contribution in [1.82, 2.24) is 14.9 Å². The average Bonchev–Trinajstić information content (AvgIpc) is 3.21. The molecule has 4 rings (SSSR count). The molecule has 31 heavy (non-hydrogen) atoms. The summed E-state index contributed by atoms with van der Waals surface area (Å²) in [7, 11) is 2.15. The molecule has 1 aliphatic carbocycles. The molecule has 0 bridgehead atoms. The van der Waals surface area contributed by atoms with E-state index >= 15 is 0 Å². The number of aryl methyl sites for hydroxylation is 1. The third kappa shape index (κ3) is 5.12. The Kier molecular flexibility index (Phi) is 6.36. The van der Waals surface area contributed by atoms with Gasteiger partial charge in [0.15, 0.2) is 11.6 Å². The summed E-state index contributed by atoms with van der Waals surface area (Å²) in [4.78, 5) is 24.8. The van der Waals surface area contributed by atoms with Crippen molar-refractivity contribution in [2.24, 2.45) is 5.92 Å². The molecule has 2 fully saturated rings. The number of likely N-dealkylation sites (N-methyl/N-ethyl adjacent to an activating group) is 1. The molecule has 8 heteroatoms. The van der Waals surface area contributed by atoms with E-state index in [-0.39, 0.29) is 23.6 Å². The van der Waals surface area contributed by atoms with Gasteiger partial charge >= 0.3 is 0 Å². The van der Waals surface area contributed by atoms with E-state index in [1.165, 1.54) is 17.4 Å². The maximum absolute atomic E-state index is 14.3. The lowest BCUT2D eigenvalue weighted by atomic mass is 10.0. The van der Waals surface area contributed by atoms with Gasteiger partial charge in [-0.25, -0.2) is 9.37 Å². The second-order valence-corrected chi connectivity index (χ2v) is 8.77. The lowest BCUT2D eigenvalue weighted by Gasteiger charge is -2.35. The SMILES string of the molecule is CC(=O)[C@@H]1CC[C@H](Nc2nc(Nc3ccc(N4CCN(C)CC4)c(C)c3)ncc2F)C1. The minimum atomic E-state index is -0.488. The third-order valence-electron chi connectivity index (χ3n) is 6.39. The molecule has 2 N–H and O–H groups in total. The molecule has 7 nitrogen and oxygen atoms in total. The number of carbonyl (C=O) groups excluding carboxylic acids is 1. The number of ketones is 1. The van der Waals surface area contributed by atoms with Gasteiger partial charge in [0.05, 0.1) is 6.20 Å². The monoisotopic (exact) mass is 426 g/mol. The molecule has 166 valence electrons. The number of nitrogens with one attached hydrogen (secondary N) is 2. The lowest BCUT2D eigenvalue weighted by molar-refractivity contribution is -0.120. The van der Waals surface area contributed by atoms with Crippen LogP contribution in [-0.4, -0.2) is 59.9 Å². The number of Topliss-reactive ketones (excluding diaryl/α,β-unsaturated/α-hetero) is 1. The minimum absolute atomic E-state index is 0.0521. The zero-order valence-electron chi connectivity index (χ0n) is 18.5. The molecule has 0 radical (unpaired) electrons. The van der Waals surface area contributed by atoms with Crippen LogP contribution in [0.2, 0.25) is 0 Å². The first kappa shape index (κ1) is 21.5. The van der Waals surface area contributed by atoms with Crippen LogP contribution in [-0.2, 0) is 4.79 Å². The first-order valence-electron chi connectivity index (χ1n) is 11.0. The first-order chi connectivity index (χ1) is 14.9. The topological polar surface area (TPSA) is 73.4 Å². The summed E-state index contributed by atoms with van der Waals surface area (Å²) >= 11 is 0. The Morgan fingerprint density at radius 1 is 1.19 bits per heavy atom. The first-order valence-corrected chi connectivity index (χ1v) is 11.0. The third-order valence-corrected chi connectivity index (χ3v) is 6.39. The zero-order valence-corrected chi connectivity index (χ0v) is 18.5. The Morgan fingerprint density at radius 3 is 2.65 bits per heavy atom. The van der Waals surface area contributed by atoms with Gasteiger partial charge < -0.3 is 20.4 Å². The summed E-state index contributed by atoms with van der Waals surface area (Å²) in [5.74, 6) is 0.291. The van der Waals surface area contributed by atoms with E-state index in [2.05, 4.69) is 56.5 Å². The normalized spacial score (nSPS) is 21.9. The summed E-state index contributed by atoms with van der Waals surface area (Å²) in [5, 5.41) is 6.35. The van der Waals surface area contributed by atoms with E-state index in [1.54, 1.807) is 6.92 Å². The standard InChI is InChI=1S/C23H31FN6O/c1-15-12-18(6-7-21(15)30-10-8-29(3)9-11-30)27-23-25-14-20(24)22(28-23)26-19-5-4-17(13-19)16(2)31/h6-7,12,14,17,19H,4-5,8-11,13H2,1-3H3,(H2,25,26,27,28)/t17-,19+/m1/s1. The van der Waals surface area contributed by atoms with Gasteiger partial charge in [-0.15, -0.1) is 0 Å². The maximum Gasteiger partial charge on any atom is 0.229 e. The zero-order chi connectivity index (χ0) is 22.0. The Labute approximate surface area is 183 Å². The van der Waals surface area contributed by atoms with Crippen LogP contribution in [0.3, 0.4) is 0 Å². The van der Waals surface area contributed by atoms with E-state index < -0.39 is 5.82 Å². The fraction of sp³-hybridized carbons (Fsp3) is 0.522.